The Labute approximate surface area is 294 Å². The molecule has 0 bridgehead atoms. The summed E-state index contributed by atoms with van der Waals surface area (Å²) in [4.78, 5) is 49.8. The highest BCUT2D eigenvalue weighted by atomic mass is 16.5. The number of aliphatic hydroxyl groups excluding tert-OH is 1. The number of nitrogens with zero attached hydrogens (tertiary/aromatic N) is 3. The molecule has 4 amide bonds. The van der Waals surface area contributed by atoms with E-state index in [2.05, 4.69) is 25.9 Å². The Balaban J connectivity index is 1.48. The maximum absolute atomic E-state index is 13.9. The van der Waals surface area contributed by atoms with Crippen molar-refractivity contribution in [1.82, 2.24) is 30.8 Å². The number of hydrogen-bond acceptors (Lipinski definition) is 7. The molecule has 2 heterocycles. The van der Waals surface area contributed by atoms with Gasteiger partial charge in [0.2, 0.25) is 5.91 Å². The predicted molar refractivity (Wildman–Crippen MR) is 192 cm³/mol. The van der Waals surface area contributed by atoms with Gasteiger partial charge in [0, 0.05) is 50.0 Å². The van der Waals surface area contributed by atoms with Crippen LogP contribution in [0.2, 0.25) is 0 Å². The Kier molecular flexibility index (Phi) is 14.3. The maximum Gasteiger partial charge on any atom is 0.407 e. The summed E-state index contributed by atoms with van der Waals surface area (Å²) in [6.07, 6.45) is 5.92. The molecule has 2 aromatic carbocycles. The van der Waals surface area contributed by atoms with Gasteiger partial charge < -0.3 is 30.7 Å². The van der Waals surface area contributed by atoms with Crippen molar-refractivity contribution in [3.05, 3.63) is 131 Å². The van der Waals surface area contributed by atoms with E-state index < -0.39 is 42.3 Å². The molecule has 2 aromatic heterocycles. The average Bonchev–Trinajstić information content (AvgIpc) is 3.10. The number of aryl methyl sites for hydroxylation is 1. The number of nitrogens with one attached hydrogen (secondary N) is 3. The van der Waals surface area contributed by atoms with Gasteiger partial charge in [0.1, 0.15) is 12.6 Å². The minimum atomic E-state index is -1.06. The lowest BCUT2D eigenvalue weighted by Gasteiger charge is -2.31. The highest BCUT2D eigenvalue weighted by molar-refractivity contribution is 5.87. The molecule has 0 spiro atoms. The molecule has 1 unspecified atom stereocenters. The molecule has 11 nitrogen and oxygen atoms in total. The molecular formula is C39H48N6O5. The number of alkyl carbamates (subject to hydrolysis) is 1. The van der Waals surface area contributed by atoms with Gasteiger partial charge in [-0.25, -0.2) is 9.59 Å². The van der Waals surface area contributed by atoms with Crippen molar-refractivity contribution in [1.29, 1.82) is 0 Å². The molecule has 4 aromatic rings. The van der Waals surface area contributed by atoms with E-state index in [0.717, 1.165) is 27.8 Å². The summed E-state index contributed by atoms with van der Waals surface area (Å²) in [6.45, 7) is 6.02. The van der Waals surface area contributed by atoms with Gasteiger partial charge in [-0.1, -0.05) is 86.6 Å². The van der Waals surface area contributed by atoms with Gasteiger partial charge in [0.15, 0.2) is 0 Å². The minimum absolute atomic E-state index is 0.0480. The van der Waals surface area contributed by atoms with Crippen LogP contribution in [0.3, 0.4) is 0 Å². The summed E-state index contributed by atoms with van der Waals surface area (Å²) >= 11 is 0. The average molecular weight is 681 g/mol. The first-order chi connectivity index (χ1) is 24.1. The summed E-state index contributed by atoms with van der Waals surface area (Å²) in [5, 5.41) is 20.6. The zero-order chi connectivity index (χ0) is 35.9. The van der Waals surface area contributed by atoms with E-state index in [9.17, 15) is 19.5 Å². The van der Waals surface area contributed by atoms with Crippen LogP contribution in [0.1, 0.15) is 48.1 Å². The highest BCUT2D eigenvalue weighted by Gasteiger charge is 2.31. The fourth-order valence-corrected chi connectivity index (χ4v) is 5.64. The molecule has 50 heavy (non-hydrogen) atoms. The first kappa shape index (κ1) is 37.5. The number of carbonyl (C=O) groups is 3. The second kappa shape index (κ2) is 19.0. The first-order valence-electron chi connectivity index (χ1n) is 16.9. The number of ether oxygens (including phenoxy) is 1. The summed E-state index contributed by atoms with van der Waals surface area (Å²) in [7, 11) is 1.66. The third-order valence-electron chi connectivity index (χ3n) is 8.28. The summed E-state index contributed by atoms with van der Waals surface area (Å²) in [5.41, 5.74) is 4.49. The topological polar surface area (TPSA) is 146 Å². The zero-order valence-electron chi connectivity index (χ0n) is 29.2. The van der Waals surface area contributed by atoms with Crippen LogP contribution in [0.4, 0.5) is 9.59 Å². The monoisotopic (exact) mass is 680 g/mol. The molecule has 11 heteroatoms. The fraction of sp³-hybridized carbons (Fsp3) is 0.359. The van der Waals surface area contributed by atoms with Crippen LogP contribution in [0.25, 0.3) is 0 Å². The van der Waals surface area contributed by atoms with Crippen LogP contribution in [0.5, 0.6) is 0 Å². The van der Waals surface area contributed by atoms with Crippen LogP contribution in [0.15, 0.2) is 104 Å². The van der Waals surface area contributed by atoms with E-state index in [1.165, 1.54) is 4.90 Å². The molecule has 4 atom stereocenters. The van der Waals surface area contributed by atoms with Crippen molar-refractivity contribution in [3.8, 4) is 0 Å². The number of urea groups is 1. The van der Waals surface area contributed by atoms with E-state index in [4.69, 9.17) is 4.74 Å². The van der Waals surface area contributed by atoms with Crippen LogP contribution in [-0.4, -0.2) is 69.3 Å². The van der Waals surface area contributed by atoms with Crippen molar-refractivity contribution in [2.24, 2.45) is 5.92 Å². The predicted octanol–water partition coefficient (Wildman–Crippen LogP) is 4.97. The number of hydrogen-bond donors (Lipinski definition) is 4. The first-order valence-corrected chi connectivity index (χ1v) is 16.9. The van der Waals surface area contributed by atoms with Crippen molar-refractivity contribution in [2.45, 2.75) is 77.4 Å². The van der Waals surface area contributed by atoms with Crippen molar-refractivity contribution in [3.63, 3.8) is 0 Å². The fourth-order valence-electron chi connectivity index (χ4n) is 5.64. The summed E-state index contributed by atoms with van der Waals surface area (Å²) < 4.78 is 5.47. The van der Waals surface area contributed by atoms with Gasteiger partial charge in [0.05, 0.1) is 12.1 Å². The second-order valence-corrected chi connectivity index (χ2v) is 13.0. The van der Waals surface area contributed by atoms with Gasteiger partial charge in [-0.2, -0.15) is 0 Å². The third-order valence-corrected chi connectivity index (χ3v) is 8.28. The van der Waals surface area contributed by atoms with E-state index in [0.29, 0.717) is 19.4 Å². The molecule has 0 aliphatic heterocycles. The Hall–Kier alpha value is -5.29. The van der Waals surface area contributed by atoms with E-state index in [1.54, 1.807) is 37.9 Å². The van der Waals surface area contributed by atoms with E-state index in [-0.39, 0.29) is 18.9 Å². The van der Waals surface area contributed by atoms with Gasteiger partial charge in [-0.3, -0.25) is 14.8 Å². The Morgan fingerprint density at radius 1 is 0.800 bits per heavy atom. The highest BCUT2D eigenvalue weighted by Crippen LogP contribution is 2.16. The molecule has 0 aliphatic carbocycles. The normalized spacial score (nSPS) is 13.4. The molecule has 0 saturated carbocycles. The van der Waals surface area contributed by atoms with Gasteiger partial charge in [0.25, 0.3) is 0 Å². The lowest BCUT2D eigenvalue weighted by molar-refractivity contribution is -0.125. The lowest BCUT2D eigenvalue weighted by Crippen LogP contribution is -2.57. The molecular weight excluding hydrogens is 632 g/mol. The molecule has 0 aliphatic rings. The largest absolute Gasteiger partial charge is 0.445 e. The molecule has 4 rings (SSSR count). The number of aliphatic hydroxyl groups is 1. The summed E-state index contributed by atoms with van der Waals surface area (Å²) in [6, 6.07) is 22.2. The third kappa shape index (κ3) is 12.3. The molecule has 264 valence electrons. The number of amides is 4. The number of pyridine rings is 2. The maximum atomic E-state index is 13.9. The van der Waals surface area contributed by atoms with Crippen LogP contribution in [0, 0.1) is 12.8 Å². The number of carbonyl (C=O) groups excluding carboxylic acids is 3. The Morgan fingerprint density at radius 3 is 2.06 bits per heavy atom. The zero-order valence-corrected chi connectivity index (χ0v) is 29.2. The van der Waals surface area contributed by atoms with Crippen molar-refractivity contribution in [2.75, 3.05) is 7.05 Å². The standard InChI is InChI=1S/C39H48N6O5/c1-27(2)36(44-38(48)45(4)25-32-18-28(3)22-41-24-32)37(47)43-34(20-30-14-9-6-10-15-30)35(46)21-33(19-29-12-7-5-8-13-29)42-39(49)50-26-31-16-11-17-40-23-31/h5-18,22-24,27,33-36,46H,19-21,25-26H2,1-4H3,(H,42,49)(H,43,47)(H,44,48)/t33?,34-,35-,36-/m0/s1. The van der Waals surface area contributed by atoms with Gasteiger partial charge >= 0.3 is 12.1 Å². The smallest absolute Gasteiger partial charge is 0.407 e. The van der Waals surface area contributed by atoms with Crippen LogP contribution < -0.4 is 16.0 Å². The molecule has 0 saturated heterocycles. The lowest BCUT2D eigenvalue weighted by atomic mass is 9.93. The van der Waals surface area contributed by atoms with Crippen LogP contribution in [-0.2, 0) is 35.5 Å². The molecule has 4 N–H and O–H groups in total. The van der Waals surface area contributed by atoms with E-state index in [1.807, 2.05) is 93.6 Å². The second-order valence-electron chi connectivity index (χ2n) is 13.0. The number of benzene rings is 2. The molecule has 0 fully saturated rings. The summed E-state index contributed by atoms with van der Waals surface area (Å²) in [5.74, 6) is -0.660. The number of rotatable bonds is 16. The van der Waals surface area contributed by atoms with Gasteiger partial charge in [-0.15, -0.1) is 0 Å². The molecule has 0 radical (unpaired) electrons. The Bertz CT molecular complexity index is 1640. The Morgan fingerprint density at radius 2 is 1.44 bits per heavy atom. The van der Waals surface area contributed by atoms with Crippen molar-refractivity contribution < 1.29 is 24.2 Å². The van der Waals surface area contributed by atoms with E-state index >= 15 is 0 Å². The quantitative estimate of drug-likeness (QED) is 0.131. The van der Waals surface area contributed by atoms with Crippen molar-refractivity contribution >= 4 is 18.0 Å². The van der Waals surface area contributed by atoms with Crippen LogP contribution >= 0.6 is 0 Å². The van der Waals surface area contributed by atoms with Gasteiger partial charge in [-0.05, 0) is 60.4 Å². The minimum Gasteiger partial charge on any atom is -0.445 e. The SMILES string of the molecule is Cc1cncc(CN(C)C(=O)N[C@H](C(=O)N[C@@H](Cc2ccccc2)[C@@H](O)CC(Cc2ccccc2)NC(=O)OCc2cccnc2)C(C)C)c1. The number of aromatic nitrogens is 2.